The molecular formula is C30H40N6O. The molecule has 4 rings (SSSR count). The van der Waals surface area contributed by atoms with Gasteiger partial charge in [0.15, 0.2) is 0 Å². The number of anilines is 3. The zero-order valence-corrected chi connectivity index (χ0v) is 23.0. The number of nitrogens with zero attached hydrogens (tertiary/aromatic N) is 3. The van der Waals surface area contributed by atoms with Crippen LogP contribution >= 0.6 is 0 Å². The van der Waals surface area contributed by atoms with Gasteiger partial charge >= 0.3 is 0 Å². The summed E-state index contributed by atoms with van der Waals surface area (Å²) >= 11 is 0. The largest absolute Gasteiger partial charge is 0.388 e. The monoisotopic (exact) mass is 500 g/mol. The molecule has 1 aliphatic rings. The predicted octanol–water partition coefficient (Wildman–Crippen LogP) is 5.88. The van der Waals surface area contributed by atoms with Gasteiger partial charge in [-0.15, -0.1) is 0 Å². The van der Waals surface area contributed by atoms with E-state index in [1.807, 2.05) is 38.4 Å². The van der Waals surface area contributed by atoms with Crippen LogP contribution in [0.4, 0.5) is 17.3 Å². The van der Waals surface area contributed by atoms with E-state index in [4.69, 9.17) is 4.98 Å². The molecular weight excluding hydrogens is 460 g/mol. The summed E-state index contributed by atoms with van der Waals surface area (Å²) in [6.45, 7) is 12.2. The van der Waals surface area contributed by atoms with Crippen molar-refractivity contribution in [1.82, 2.24) is 20.2 Å². The number of amides is 1. The Morgan fingerprint density at radius 2 is 1.84 bits per heavy atom. The van der Waals surface area contributed by atoms with Gasteiger partial charge in [-0.2, -0.15) is 0 Å². The van der Waals surface area contributed by atoms with E-state index in [0.717, 1.165) is 55.0 Å². The molecule has 2 heterocycles. The molecule has 7 heteroatoms. The van der Waals surface area contributed by atoms with E-state index in [1.54, 1.807) is 0 Å². The SMILES string of the molecule is CCC[C@@H](C[C@@H](C)NC(=O)c1ccc(NC)c(C)c1)N1Cc2cnc(Nc3cc(C)cc(C)c3)nc2C1. The molecule has 0 unspecified atom stereocenters. The fraction of sp³-hybridized carbons (Fsp3) is 0.433. The Bertz CT molecular complexity index is 1240. The summed E-state index contributed by atoms with van der Waals surface area (Å²) in [5.74, 6) is 0.615. The first-order chi connectivity index (χ1) is 17.7. The molecule has 0 aliphatic carbocycles. The third-order valence-electron chi connectivity index (χ3n) is 7.06. The van der Waals surface area contributed by atoms with Crippen molar-refractivity contribution in [2.24, 2.45) is 0 Å². The smallest absolute Gasteiger partial charge is 0.251 e. The number of benzene rings is 2. The molecule has 0 bridgehead atoms. The fourth-order valence-electron chi connectivity index (χ4n) is 5.31. The van der Waals surface area contributed by atoms with Crippen LogP contribution in [-0.2, 0) is 13.1 Å². The van der Waals surface area contributed by atoms with E-state index in [2.05, 4.69) is 71.7 Å². The number of rotatable bonds is 10. The molecule has 2 aromatic carbocycles. The Morgan fingerprint density at radius 1 is 1.08 bits per heavy atom. The average molecular weight is 501 g/mol. The van der Waals surface area contributed by atoms with E-state index in [0.29, 0.717) is 17.6 Å². The molecule has 0 spiro atoms. The van der Waals surface area contributed by atoms with Crippen LogP contribution in [0.1, 0.15) is 71.4 Å². The number of carbonyl (C=O) groups is 1. The van der Waals surface area contributed by atoms with Gasteiger partial charge in [0, 0.05) is 60.9 Å². The lowest BCUT2D eigenvalue weighted by molar-refractivity contribution is 0.0923. The summed E-state index contributed by atoms with van der Waals surface area (Å²) in [7, 11) is 1.89. The first-order valence-electron chi connectivity index (χ1n) is 13.3. The van der Waals surface area contributed by atoms with E-state index >= 15 is 0 Å². The Labute approximate surface area is 221 Å². The minimum Gasteiger partial charge on any atom is -0.388 e. The molecule has 0 saturated carbocycles. The van der Waals surface area contributed by atoms with Crippen LogP contribution in [0.3, 0.4) is 0 Å². The number of fused-ring (bicyclic) bond motifs is 1. The van der Waals surface area contributed by atoms with Crippen LogP contribution < -0.4 is 16.0 Å². The van der Waals surface area contributed by atoms with Crippen LogP contribution in [0.15, 0.2) is 42.6 Å². The summed E-state index contributed by atoms with van der Waals surface area (Å²) in [6, 6.07) is 12.6. The normalized spacial score (nSPS) is 14.6. The average Bonchev–Trinajstić information content (AvgIpc) is 3.26. The van der Waals surface area contributed by atoms with E-state index in [9.17, 15) is 4.79 Å². The van der Waals surface area contributed by atoms with Gasteiger partial charge < -0.3 is 16.0 Å². The molecule has 37 heavy (non-hydrogen) atoms. The molecule has 3 N–H and O–H groups in total. The van der Waals surface area contributed by atoms with Crippen LogP contribution in [0.25, 0.3) is 0 Å². The van der Waals surface area contributed by atoms with Crippen molar-refractivity contribution >= 4 is 23.2 Å². The van der Waals surface area contributed by atoms with Gasteiger partial charge in [-0.25, -0.2) is 9.97 Å². The lowest BCUT2D eigenvalue weighted by Gasteiger charge is -2.30. The minimum atomic E-state index is -0.0221. The lowest BCUT2D eigenvalue weighted by atomic mass is 10.0. The standard InChI is InChI=1S/C30H40N6O/c1-7-8-26(15-22(5)33-29(37)23-9-10-27(31-6)21(4)14-23)36-17-24-16-32-30(35-28(24)18-36)34-25-12-19(2)11-20(3)13-25/h9-14,16,22,26,31H,7-8,15,17-18H2,1-6H3,(H,33,37)(H,32,34,35)/t22-,26+/m1/s1. The second-order valence-electron chi connectivity index (χ2n) is 10.4. The van der Waals surface area contributed by atoms with Crippen molar-refractivity contribution in [1.29, 1.82) is 0 Å². The van der Waals surface area contributed by atoms with Crippen LogP contribution in [0.2, 0.25) is 0 Å². The van der Waals surface area contributed by atoms with E-state index < -0.39 is 0 Å². The molecule has 196 valence electrons. The number of carbonyl (C=O) groups excluding carboxylic acids is 1. The van der Waals surface area contributed by atoms with Gasteiger partial charge in [0.25, 0.3) is 5.91 Å². The van der Waals surface area contributed by atoms with Crippen molar-refractivity contribution in [2.75, 3.05) is 17.7 Å². The van der Waals surface area contributed by atoms with E-state index in [-0.39, 0.29) is 11.9 Å². The molecule has 3 aromatic rings. The summed E-state index contributed by atoms with van der Waals surface area (Å²) in [5, 5.41) is 9.74. The highest BCUT2D eigenvalue weighted by Crippen LogP contribution is 2.28. The van der Waals surface area contributed by atoms with Gasteiger partial charge in [0.1, 0.15) is 0 Å². The van der Waals surface area contributed by atoms with Crippen molar-refractivity contribution in [3.63, 3.8) is 0 Å². The number of hydrogen-bond acceptors (Lipinski definition) is 6. The summed E-state index contributed by atoms with van der Waals surface area (Å²) < 4.78 is 0. The van der Waals surface area contributed by atoms with Gasteiger partial charge in [-0.05, 0) is 87.6 Å². The molecule has 0 radical (unpaired) electrons. The molecule has 1 amide bonds. The van der Waals surface area contributed by atoms with Crippen molar-refractivity contribution in [3.05, 3.63) is 76.1 Å². The summed E-state index contributed by atoms with van der Waals surface area (Å²) in [5.41, 5.74) is 8.50. The van der Waals surface area contributed by atoms with Gasteiger partial charge in [0.2, 0.25) is 5.95 Å². The predicted molar refractivity (Wildman–Crippen MR) is 151 cm³/mol. The van der Waals surface area contributed by atoms with Crippen LogP contribution in [0.5, 0.6) is 0 Å². The Hall–Kier alpha value is -3.45. The molecule has 2 atom stereocenters. The maximum absolute atomic E-state index is 12.9. The molecule has 0 saturated heterocycles. The van der Waals surface area contributed by atoms with Crippen molar-refractivity contribution in [3.8, 4) is 0 Å². The van der Waals surface area contributed by atoms with Gasteiger partial charge in [0.05, 0.1) is 5.69 Å². The maximum atomic E-state index is 12.9. The number of hydrogen-bond donors (Lipinski definition) is 3. The Kier molecular flexibility index (Phi) is 8.44. The number of aromatic nitrogens is 2. The second-order valence-corrected chi connectivity index (χ2v) is 10.4. The lowest BCUT2D eigenvalue weighted by Crippen LogP contribution is -2.40. The minimum absolute atomic E-state index is 0.0221. The van der Waals surface area contributed by atoms with Crippen LogP contribution in [0, 0.1) is 20.8 Å². The van der Waals surface area contributed by atoms with Crippen molar-refractivity contribution in [2.45, 2.75) is 79.1 Å². The zero-order chi connectivity index (χ0) is 26.5. The zero-order valence-electron chi connectivity index (χ0n) is 23.0. The van der Waals surface area contributed by atoms with E-state index in [1.165, 1.54) is 16.7 Å². The number of aryl methyl sites for hydroxylation is 3. The quantitative estimate of drug-likeness (QED) is 0.322. The summed E-state index contributed by atoms with van der Waals surface area (Å²) in [6.07, 6.45) is 5.01. The van der Waals surface area contributed by atoms with Crippen molar-refractivity contribution < 1.29 is 4.79 Å². The summed E-state index contributed by atoms with van der Waals surface area (Å²) in [4.78, 5) is 24.8. The third kappa shape index (κ3) is 6.66. The molecule has 0 fully saturated rings. The Balaban J connectivity index is 1.39. The Morgan fingerprint density at radius 3 is 2.51 bits per heavy atom. The van der Waals surface area contributed by atoms with Gasteiger partial charge in [-0.1, -0.05) is 19.4 Å². The maximum Gasteiger partial charge on any atom is 0.251 e. The molecule has 1 aromatic heterocycles. The molecule has 7 nitrogen and oxygen atoms in total. The highest BCUT2D eigenvalue weighted by atomic mass is 16.1. The van der Waals surface area contributed by atoms with Gasteiger partial charge in [-0.3, -0.25) is 9.69 Å². The topological polar surface area (TPSA) is 82.2 Å². The first-order valence-corrected chi connectivity index (χ1v) is 13.3. The van der Waals surface area contributed by atoms with Crippen LogP contribution in [-0.4, -0.2) is 39.9 Å². The third-order valence-corrected chi connectivity index (χ3v) is 7.06. The highest BCUT2D eigenvalue weighted by molar-refractivity contribution is 5.95. The second kappa shape index (κ2) is 11.7. The fourth-order valence-corrected chi connectivity index (χ4v) is 5.31. The first kappa shape index (κ1) is 26.6. The highest BCUT2D eigenvalue weighted by Gasteiger charge is 2.28. The number of nitrogens with one attached hydrogen (secondary N) is 3. The molecule has 1 aliphatic heterocycles.